The van der Waals surface area contributed by atoms with Gasteiger partial charge in [-0.05, 0) is 36.4 Å². The second-order valence-electron chi connectivity index (χ2n) is 5.10. The molecule has 0 unspecified atom stereocenters. The van der Waals surface area contributed by atoms with Crippen LogP contribution in [-0.4, -0.2) is 34.3 Å². The van der Waals surface area contributed by atoms with Gasteiger partial charge < -0.3 is 19.1 Å². The third kappa shape index (κ3) is 3.25. The van der Waals surface area contributed by atoms with Gasteiger partial charge in [-0.2, -0.15) is 0 Å². The fourth-order valence-electron chi connectivity index (χ4n) is 2.45. The number of anilines is 1. The van der Waals surface area contributed by atoms with E-state index in [-0.39, 0.29) is 5.82 Å². The largest absolute Gasteiger partial charge is 0.497 e. The number of methoxy groups -OCH3 is 3. The topological polar surface area (TPSA) is 48.0 Å². The van der Waals surface area contributed by atoms with Crippen LogP contribution in [0.4, 0.5) is 10.1 Å². The molecule has 1 amide bonds. The third-order valence-corrected chi connectivity index (χ3v) is 3.82. The van der Waals surface area contributed by atoms with Gasteiger partial charge in [-0.25, -0.2) is 4.39 Å². The van der Waals surface area contributed by atoms with Crippen LogP contribution in [0.2, 0.25) is 0 Å². The molecule has 2 aromatic rings. The van der Waals surface area contributed by atoms with Gasteiger partial charge in [-0.3, -0.25) is 4.79 Å². The maximum atomic E-state index is 13.1. The molecule has 0 atom stereocenters. The number of likely N-dealkylation sites (N-methyl/N-ethyl adjacent to an activating group) is 1. The van der Waals surface area contributed by atoms with Crippen LogP contribution in [0.25, 0.3) is 0 Å². The number of hydrogen-bond donors (Lipinski definition) is 0. The van der Waals surface area contributed by atoms with Gasteiger partial charge in [0.05, 0.1) is 7.11 Å². The van der Waals surface area contributed by atoms with E-state index in [4.69, 9.17) is 14.2 Å². The lowest BCUT2D eigenvalue weighted by Crippen LogP contribution is -2.48. The minimum Gasteiger partial charge on any atom is -0.497 e. The summed E-state index contributed by atoms with van der Waals surface area (Å²) >= 11 is 0. The summed E-state index contributed by atoms with van der Waals surface area (Å²) in [5.41, 5.74) is 1.01. The maximum absolute atomic E-state index is 13.1. The van der Waals surface area contributed by atoms with Gasteiger partial charge in [0.2, 0.25) is 0 Å². The van der Waals surface area contributed by atoms with Crippen LogP contribution in [-0.2, 0) is 20.1 Å². The highest BCUT2D eigenvalue weighted by molar-refractivity contribution is 5.98. The smallest absolute Gasteiger partial charge is 0.292 e. The molecule has 2 rings (SSSR count). The molecular formula is C18H20FNO4. The van der Waals surface area contributed by atoms with E-state index >= 15 is 0 Å². The Morgan fingerprint density at radius 2 is 1.67 bits per heavy atom. The standard InChI is InChI=1S/C18H20FNO4/c1-20(15-10-8-14(19)9-11-15)17(21)18(23-3,24-4)13-6-5-7-16(12-13)22-2/h5-12H,1-4H3. The molecule has 0 spiro atoms. The Balaban J connectivity index is 2.44. The molecule has 2 aromatic carbocycles. The molecule has 24 heavy (non-hydrogen) atoms. The van der Waals surface area contributed by atoms with E-state index in [1.165, 1.54) is 50.5 Å². The molecule has 0 N–H and O–H groups in total. The summed E-state index contributed by atoms with van der Waals surface area (Å²) in [5, 5.41) is 0. The minimum atomic E-state index is -1.64. The van der Waals surface area contributed by atoms with Gasteiger partial charge in [0, 0.05) is 32.5 Å². The Hall–Kier alpha value is -2.44. The van der Waals surface area contributed by atoms with Crippen LogP contribution < -0.4 is 9.64 Å². The number of benzene rings is 2. The summed E-state index contributed by atoms with van der Waals surface area (Å²) in [6, 6.07) is 12.5. The molecule has 0 bridgehead atoms. The third-order valence-electron chi connectivity index (χ3n) is 3.82. The van der Waals surface area contributed by atoms with Crippen LogP contribution in [0.15, 0.2) is 48.5 Å². The molecule has 0 saturated heterocycles. The fraction of sp³-hybridized carbons (Fsp3) is 0.278. The van der Waals surface area contributed by atoms with Gasteiger partial charge in [-0.15, -0.1) is 0 Å². The normalized spacial score (nSPS) is 11.2. The van der Waals surface area contributed by atoms with Crippen LogP contribution in [0.3, 0.4) is 0 Å². The average molecular weight is 333 g/mol. The Morgan fingerprint density at radius 1 is 1.04 bits per heavy atom. The Morgan fingerprint density at radius 3 is 2.21 bits per heavy atom. The van der Waals surface area contributed by atoms with Crippen LogP contribution >= 0.6 is 0 Å². The van der Waals surface area contributed by atoms with Crippen molar-refractivity contribution >= 4 is 11.6 Å². The van der Waals surface area contributed by atoms with Crippen molar-refractivity contribution < 1.29 is 23.4 Å². The van der Waals surface area contributed by atoms with Gasteiger partial charge in [-0.1, -0.05) is 12.1 Å². The zero-order valence-corrected chi connectivity index (χ0v) is 14.1. The highest BCUT2D eigenvalue weighted by Crippen LogP contribution is 2.32. The highest BCUT2D eigenvalue weighted by Gasteiger charge is 2.43. The zero-order valence-electron chi connectivity index (χ0n) is 14.1. The molecule has 0 heterocycles. The van der Waals surface area contributed by atoms with E-state index in [9.17, 15) is 9.18 Å². The first-order chi connectivity index (χ1) is 11.5. The van der Waals surface area contributed by atoms with E-state index in [0.717, 1.165) is 0 Å². The van der Waals surface area contributed by atoms with Gasteiger partial charge in [0.1, 0.15) is 11.6 Å². The summed E-state index contributed by atoms with van der Waals surface area (Å²) < 4.78 is 29.2. The van der Waals surface area contributed by atoms with Crippen LogP contribution in [0, 0.1) is 5.82 Å². The first kappa shape index (κ1) is 17.9. The number of carbonyl (C=O) groups excluding carboxylic acids is 1. The van der Waals surface area contributed by atoms with Crippen molar-refractivity contribution in [2.75, 3.05) is 33.3 Å². The number of rotatable bonds is 6. The molecule has 0 radical (unpaired) electrons. The van der Waals surface area contributed by atoms with Gasteiger partial charge in [0.15, 0.2) is 0 Å². The monoisotopic (exact) mass is 333 g/mol. The molecular weight excluding hydrogens is 313 g/mol. The Bertz CT molecular complexity index is 698. The first-order valence-corrected chi connectivity index (χ1v) is 7.27. The molecule has 0 saturated carbocycles. The second kappa shape index (κ2) is 7.42. The predicted octanol–water partition coefficient (Wildman–Crippen LogP) is 2.94. The van der Waals surface area contributed by atoms with E-state index in [0.29, 0.717) is 17.0 Å². The summed E-state index contributed by atoms with van der Waals surface area (Å²) in [4.78, 5) is 14.4. The summed E-state index contributed by atoms with van der Waals surface area (Å²) in [6.45, 7) is 0. The van der Waals surface area contributed by atoms with Crippen molar-refractivity contribution in [1.29, 1.82) is 0 Å². The lowest BCUT2D eigenvalue weighted by Gasteiger charge is -2.33. The SMILES string of the molecule is COc1cccc(C(OC)(OC)C(=O)N(C)c2ccc(F)cc2)c1. The number of hydrogen-bond acceptors (Lipinski definition) is 4. The Kier molecular flexibility index (Phi) is 5.54. The van der Waals surface area contributed by atoms with Crippen LogP contribution in [0.1, 0.15) is 5.56 Å². The molecule has 0 aliphatic carbocycles. The predicted molar refractivity (Wildman–Crippen MR) is 88.5 cm³/mol. The van der Waals surface area contributed by atoms with Crippen molar-refractivity contribution in [3.05, 3.63) is 59.9 Å². The second-order valence-corrected chi connectivity index (χ2v) is 5.10. The van der Waals surface area contributed by atoms with Crippen LogP contribution in [0.5, 0.6) is 5.75 Å². The summed E-state index contributed by atoms with van der Waals surface area (Å²) in [7, 11) is 5.88. The minimum absolute atomic E-state index is 0.378. The van der Waals surface area contributed by atoms with Crippen molar-refractivity contribution in [2.45, 2.75) is 5.79 Å². The van der Waals surface area contributed by atoms with E-state index in [1.54, 1.807) is 31.3 Å². The van der Waals surface area contributed by atoms with Crippen molar-refractivity contribution in [2.24, 2.45) is 0 Å². The van der Waals surface area contributed by atoms with Crippen molar-refractivity contribution in [3.8, 4) is 5.75 Å². The van der Waals surface area contributed by atoms with E-state index in [2.05, 4.69) is 0 Å². The molecule has 0 aromatic heterocycles. The number of ether oxygens (including phenoxy) is 3. The molecule has 5 nitrogen and oxygen atoms in total. The zero-order chi connectivity index (χ0) is 17.7. The van der Waals surface area contributed by atoms with Gasteiger partial charge >= 0.3 is 0 Å². The molecule has 6 heteroatoms. The summed E-state index contributed by atoms with van der Waals surface area (Å²) in [5.74, 6) is -1.90. The quantitative estimate of drug-likeness (QED) is 0.763. The maximum Gasteiger partial charge on any atom is 0.292 e. The number of amides is 1. The average Bonchev–Trinajstić information content (AvgIpc) is 2.63. The fourth-order valence-corrected chi connectivity index (χ4v) is 2.45. The molecule has 0 fully saturated rings. The molecule has 128 valence electrons. The van der Waals surface area contributed by atoms with E-state index < -0.39 is 11.7 Å². The lowest BCUT2D eigenvalue weighted by molar-refractivity contribution is -0.212. The van der Waals surface area contributed by atoms with Crippen molar-refractivity contribution in [3.63, 3.8) is 0 Å². The molecule has 0 aliphatic rings. The highest BCUT2D eigenvalue weighted by atomic mass is 19.1. The number of carbonyl (C=O) groups is 1. The van der Waals surface area contributed by atoms with Crippen molar-refractivity contribution in [1.82, 2.24) is 0 Å². The van der Waals surface area contributed by atoms with E-state index in [1.807, 2.05) is 0 Å². The number of halogens is 1. The lowest BCUT2D eigenvalue weighted by atomic mass is 10.0. The number of nitrogens with zero attached hydrogens (tertiary/aromatic N) is 1. The summed E-state index contributed by atoms with van der Waals surface area (Å²) in [6.07, 6.45) is 0. The Labute approximate surface area is 140 Å². The molecule has 0 aliphatic heterocycles. The first-order valence-electron chi connectivity index (χ1n) is 7.27. The van der Waals surface area contributed by atoms with Gasteiger partial charge in [0.25, 0.3) is 11.7 Å².